The summed E-state index contributed by atoms with van der Waals surface area (Å²) < 4.78 is 0. The standard InChI is InChI=1S/C24H24N4/c1-25-23-15-24(28-22-10-6-5-9-21(22)23)27-20-13-11-19(12-14-20)17-26-16-18-7-3-2-4-8-18/h2-15,26H,16-17H2,1H3,(H2,25,27,28). The van der Waals surface area contributed by atoms with E-state index in [2.05, 4.69) is 70.5 Å². The first-order valence-corrected chi connectivity index (χ1v) is 9.50. The van der Waals surface area contributed by atoms with Crippen molar-refractivity contribution in [3.63, 3.8) is 0 Å². The van der Waals surface area contributed by atoms with Crippen LogP contribution in [0.1, 0.15) is 11.1 Å². The molecule has 140 valence electrons. The third-order valence-electron chi connectivity index (χ3n) is 4.71. The highest BCUT2D eigenvalue weighted by Crippen LogP contribution is 2.26. The average molecular weight is 368 g/mol. The Labute approximate surface area is 165 Å². The molecule has 0 bridgehead atoms. The summed E-state index contributed by atoms with van der Waals surface area (Å²) in [5.41, 5.74) is 5.61. The van der Waals surface area contributed by atoms with Crippen LogP contribution in [-0.2, 0) is 13.1 Å². The molecule has 0 amide bonds. The zero-order valence-electron chi connectivity index (χ0n) is 15.9. The van der Waals surface area contributed by atoms with Gasteiger partial charge in [0.15, 0.2) is 0 Å². The van der Waals surface area contributed by atoms with E-state index in [-0.39, 0.29) is 0 Å². The predicted octanol–water partition coefficient (Wildman–Crippen LogP) is 5.31. The molecule has 1 aromatic heterocycles. The number of nitrogens with one attached hydrogen (secondary N) is 3. The van der Waals surface area contributed by atoms with Gasteiger partial charge in [-0.25, -0.2) is 4.98 Å². The number of aromatic nitrogens is 1. The molecule has 0 aliphatic heterocycles. The summed E-state index contributed by atoms with van der Waals surface area (Å²) in [6.45, 7) is 1.71. The molecule has 0 spiro atoms. The van der Waals surface area contributed by atoms with Gasteiger partial charge >= 0.3 is 0 Å². The van der Waals surface area contributed by atoms with Crippen LogP contribution < -0.4 is 16.0 Å². The van der Waals surface area contributed by atoms with Crippen LogP contribution in [0.25, 0.3) is 10.9 Å². The van der Waals surface area contributed by atoms with Gasteiger partial charge in [-0.15, -0.1) is 0 Å². The first-order valence-electron chi connectivity index (χ1n) is 9.50. The smallest absolute Gasteiger partial charge is 0.133 e. The Balaban J connectivity index is 1.41. The van der Waals surface area contributed by atoms with E-state index in [9.17, 15) is 0 Å². The molecule has 3 aromatic carbocycles. The highest BCUT2D eigenvalue weighted by atomic mass is 15.0. The van der Waals surface area contributed by atoms with Gasteiger partial charge in [0.25, 0.3) is 0 Å². The van der Waals surface area contributed by atoms with E-state index in [1.165, 1.54) is 11.1 Å². The lowest BCUT2D eigenvalue weighted by molar-refractivity contribution is 0.693. The number of anilines is 3. The zero-order valence-corrected chi connectivity index (χ0v) is 15.9. The largest absolute Gasteiger partial charge is 0.387 e. The third kappa shape index (κ3) is 4.30. The molecule has 0 radical (unpaired) electrons. The summed E-state index contributed by atoms with van der Waals surface area (Å²) >= 11 is 0. The quantitative estimate of drug-likeness (QED) is 0.414. The number of hydrogen-bond donors (Lipinski definition) is 3. The Morgan fingerprint density at radius 1 is 0.750 bits per heavy atom. The molecule has 4 heteroatoms. The Kier molecular flexibility index (Phi) is 5.50. The van der Waals surface area contributed by atoms with E-state index < -0.39 is 0 Å². The highest BCUT2D eigenvalue weighted by Gasteiger charge is 2.05. The Morgan fingerprint density at radius 2 is 1.43 bits per heavy atom. The molecule has 0 aliphatic carbocycles. The van der Waals surface area contributed by atoms with Gasteiger partial charge in [-0.3, -0.25) is 0 Å². The summed E-state index contributed by atoms with van der Waals surface area (Å²) in [6, 6.07) is 29.1. The highest BCUT2D eigenvalue weighted by molar-refractivity contribution is 5.93. The summed E-state index contributed by atoms with van der Waals surface area (Å²) in [5.74, 6) is 0.831. The van der Waals surface area contributed by atoms with Crippen LogP contribution in [0.4, 0.5) is 17.2 Å². The minimum atomic E-state index is 0.831. The molecule has 0 aliphatic rings. The molecular weight excluding hydrogens is 344 g/mol. The molecular formula is C24H24N4. The van der Waals surface area contributed by atoms with Crippen molar-refractivity contribution < 1.29 is 0 Å². The molecule has 4 nitrogen and oxygen atoms in total. The van der Waals surface area contributed by atoms with Gasteiger partial charge < -0.3 is 16.0 Å². The van der Waals surface area contributed by atoms with Crippen molar-refractivity contribution in [2.45, 2.75) is 13.1 Å². The number of para-hydroxylation sites is 1. The lowest BCUT2D eigenvalue weighted by Gasteiger charge is -2.11. The number of pyridine rings is 1. The molecule has 4 aromatic rings. The Morgan fingerprint density at radius 3 is 2.18 bits per heavy atom. The summed E-state index contributed by atoms with van der Waals surface area (Å²) in [7, 11) is 1.93. The molecule has 1 heterocycles. The van der Waals surface area contributed by atoms with Gasteiger partial charge in [0, 0.05) is 43.0 Å². The van der Waals surface area contributed by atoms with Gasteiger partial charge in [-0.2, -0.15) is 0 Å². The van der Waals surface area contributed by atoms with Crippen molar-refractivity contribution in [2.75, 3.05) is 17.7 Å². The van der Waals surface area contributed by atoms with Crippen molar-refractivity contribution in [3.8, 4) is 0 Å². The number of hydrogen-bond acceptors (Lipinski definition) is 4. The minimum Gasteiger partial charge on any atom is -0.387 e. The van der Waals surface area contributed by atoms with E-state index in [1.807, 2.05) is 37.4 Å². The lowest BCUT2D eigenvalue weighted by atomic mass is 10.1. The maximum absolute atomic E-state index is 4.72. The van der Waals surface area contributed by atoms with Crippen LogP contribution in [0.5, 0.6) is 0 Å². The van der Waals surface area contributed by atoms with Gasteiger partial charge in [0.05, 0.1) is 5.52 Å². The normalized spacial score (nSPS) is 10.8. The van der Waals surface area contributed by atoms with Gasteiger partial charge in [-0.1, -0.05) is 60.7 Å². The molecule has 0 unspecified atom stereocenters. The second kappa shape index (κ2) is 8.55. The van der Waals surface area contributed by atoms with Gasteiger partial charge in [0.1, 0.15) is 5.82 Å². The summed E-state index contributed by atoms with van der Waals surface area (Å²) in [5, 5.41) is 11.3. The van der Waals surface area contributed by atoms with Crippen LogP contribution in [-0.4, -0.2) is 12.0 Å². The topological polar surface area (TPSA) is 49.0 Å². The minimum absolute atomic E-state index is 0.831. The molecule has 0 atom stereocenters. The predicted molar refractivity (Wildman–Crippen MR) is 118 cm³/mol. The number of benzene rings is 3. The van der Waals surface area contributed by atoms with Crippen molar-refractivity contribution in [2.24, 2.45) is 0 Å². The fourth-order valence-electron chi connectivity index (χ4n) is 3.25. The van der Waals surface area contributed by atoms with Crippen LogP contribution in [0.2, 0.25) is 0 Å². The van der Waals surface area contributed by atoms with Gasteiger partial charge in [0.2, 0.25) is 0 Å². The van der Waals surface area contributed by atoms with Crippen LogP contribution in [0, 0.1) is 0 Å². The Hall–Kier alpha value is -3.37. The fraction of sp³-hybridized carbons (Fsp3) is 0.125. The van der Waals surface area contributed by atoms with E-state index in [0.717, 1.165) is 41.2 Å². The zero-order chi connectivity index (χ0) is 19.2. The van der Waals surface area contributed by atoms with Crippen molar-refractivity contribution in [3.05, 3.63) is 96.1 Å². The van der Waals surface area contributed by atoms with E-state index >= 15 is 0 Å². The van der Waals surface area contributed by atoms with Gasteiger partial charge in [-0.05, 0) is 29.3 Å². The van der Waals surface area contributed by atoms with Crippen LogP contribution in [0.15, 0.2) is 84.9 Å². The summed E-state index contributed by atoms with van der Waals surface area (Å²) in [4.78, 5) is 4.72. The summed E-state index contributed by atoms with van der Waals surface area (Å²) in [6.07, 6.45) is 0. The lowest BCUT2D eigenvalue weighted by Crippen LogP contribution is -2.12. The van der Waals surface area contributed by atoms with Crippen molar-refractivity contribution in [1.29, 1.82) is 0 Å². The third-order valence-corrected chi connectivity index (χ3v) is 4.71. The molecule has 0 saturated carbocycles. The van der Waals surface area contributed by atoms with Crippen LogP contribution in [0.3, 0.4) is 0 Å². The van der Waals surface area contributed by atoms with Crippen molar-refractivity contribution in [1.82, 2.24) is 10.3 Å². The first-order chi connectivity index (χ1) is 13.8. The van der Waals surface area contributed by atoms with E-state index in [1.54, 1.807) is 0 Å². The van der Waals surface area contributed by atoms with E-state index in [0.29, 0.717) is 0 Å². The number of rotatable bonds is 7. The van der Waals surface area contributed by atoms with Crippen LogP contribution >= 0.6 is 0 Å². The fourth-order valence-corrected chi connectivity index (χ4v) is 3.25. The maximum atomic E-state index is 4.72. The average Bonchev–Trinajstić information content (AvgIpc) is 2.75. The number of nitrogens with zero attached hydrogens (tertiary/aromatic N) is 1. The monoisotopic (exact) mass is 368 g/mol. The number of fused-ring (bicyclic) bond motifs is 1. The molecule has 0 fully saturated rings. The maximum Gasteiger partial charge on any atom is 0.133 e. The van der Waals surface area contributed by atoms with Crippen molar-refractivity contribution >= 4 is 28.1 Å². The molecule has 28 heavy (non-hydrogen) atoms. The first kappa shape index (κ1) is 18.0. The SMILES string of the molecule is CNc1cc(Nc2ccc(CNCc3ccccc3)cc2)nc2ccccc12. The Bertz CT molecular complexity index is 1040. The molecule has 0 saturated heterocycles. The molecule has 3 N–H and O–H groups in total. The van der Waals surface area contributed by atoms with E-state index in [4.69, 9.17) is 4.98 Å². The second-order valence-electron chi connectivity index (χ2n) is 6.73. The second-order valence-corrected chi connectivity index (χ2v) is 6.73. The molecule has 4 rings (SSSR count).